The molecule has 108 valence electrons. The molecule has 0 aromatic carbocycles. The summed E-state index contributed by atoms with van der Waals surface area (Å²) in [7, 11) is 1.22. The zero-order valence-electron chi connectivity index (χ0n) is 13.7. The molecule has 0 aromatic heterocycles. The normalized spacial score (nSPS) is 31.4. The highest BCUT2D eigenvalue weighted by molar-refractivity contribution is 7.50. The third kappa shape index (κ3) is 4.16. The van der Waals surface area contributed by atoms with Crippen LogP contribution in [0, 0.1) is 5.92 Å². The van der Waals surface area contributed by atoms with Crippen LogP contribution in [-0.2, 0) is 9.26 Å². The summed E-state index contributed by atoms with van der Waals surface area (Å²) in [6.07, 6.45) is 3.11. The second-order valence-corrected chi connectivity index (χ2v) is 7.43. The standard InChI is InChI=1S/C14H30NO2P/c1-7-14-13(8-9-17-14)10-18(16-6)15(11(2)3)12(4)5/h11-14H,7-10H2,1-6H3/t13-,14-,18?/m1/s1/i9T/t9-,13+,14+,18?/m0. The van der Waals surface area contributed by atoms with E-state index in [0.717, 1.165) is 19.0 Å². The van der Waals surface area contributed by atoms with Crippen LogP contribution in [0.25, 0.3) is 0 Å². The third-order valence-electron chi connectivity index (χ3n) is 3.52. The first-order chi connectivity index (χ1) is 8.90. The highest BCUT2D eigenvalue weighted by Gasteiger charge is 2.33. The minimum absolute atomic E-state index is 0.240. The minimum atomic E-state index is -0.593. The summed E-state index contributed by atoms with van der Waals surface area (Å²) in [6.45, 7) is 10.7. The average Bonchev–Trinajstić information content (AvgIpc) is 2.67. The molecule has 18 heavy (non-hydrogen) atoms. The molecule has 1 unspecified atom stereocenters. The van der Waals surface area contributed by atoms with Crippen molar-refractivity contribution in [3.63, 3.8) is 0 Å². The van der Waals surface area contributed by atoms with Crippen molar-refractivity contribution in [3.8, 4) is 0 Å². The van der Waals surface area contributed by atoms with Gasteiger partial charge in [0.15, 0.2) is 0 Å². The van der Waals surface area contributed by atoms with Gasteiger partial charge in [-0.25, -0.2) is 0 Å². The Morgan fingerprint density at radius 1 is 1.39 bits per heavy atom. The van der Waals surface area contributed by atoms with E-state index in [1.807, 2.05) is 7.11 Å². The van der Waals surface area contributed by atoms with E-state index in [1.165, 1.54) is 0 Å². The Kier molecular flexibility index (Phi) is 6.37. The molecule has 4 atom stereocenters. The fourth-order valence-corrected chi connectivity index (χ4v) is 5.10. The molecule has 0 amide bonds. The maximum Gasteiger partial charge on any atom is 0.104 e. The van der Waals surface area contributed by atoms with Crippen molar-refractivity contribution < 1.29 is 10.6 Å². The van der Waals surface area contributed by atoms with E-state index < -0.39 is 8.30 Å². The topological polar surface area (TPSA) is 21.7 Å². The lowest BCUT2D eigenvalue weighted by Crippen LogP contribution is -2.35. The molecule has 1 heterocycles. The molecule has 0 saturated carbocycles. The van der Waals surface area contributed by atoms with Crippen LogP contribution in [0.4, 0.5) is 0 Å². The fourth-order valence-electron chi connectivity index (χ4n) is 2.76. The van der Waals surface area contributed by atoms with Crippen LogP contribution < -0.4 is 0 Å². The zero-order chi connectivity index (χ0) is 14.6. The van der Waals surface area contributed by atoms with Crippen molar-refractivity contribution in [2.24, 2.45) is 5.92 Å². The molecule has 1 aliphatic heterocycles. The fraction of sp³-hybridized carbons (Fsp3) is 1.00. The van der Waals surface area contributed by atoms with Gasteiger partial charge in [-0.15, -0.1) is 0 Å². The largest absolute Gasteiger partial charge is 0.378 e. The molecule has 1 saturated heterocycles. The second kappa shape index (κ2) is 7.79. The lowest BCUT2D eigenvalue weighted by molar-refractivity contribution is 0.0909. The van der Waals surface area contributed by atoms with E-state index in [4.69, 9.17) is 10.6 Å². The predicted molar refractivity (Wildman–Crippen MR) is 79.0 cm³/mol. The monoisotopic (exact) mass is 277 g/mol. The van der Waals surface area contributed by atoms with Crippen molar-refractivity contribution in [2.75, 3.05) is 19.9 Å². The Bertz CT molecular complexity index is 258. The number of hydrogen-bond acceptors (Lipinski definition) is 3. The Morgan fingerprint density at radius 2 is 2.00 bits per heavy atom. The van der Waals surface area contributed by atoms with Crippen molar-refractivity contribution in [3.05, 3.63) is 0 Å². The number of hydrogen-bond donors (Lipinski definition) is 0. The number of rotatable bonds is 7. The number of nitrogens with zero attached hydrogens (tertiary/aromatic N) is 1. The SMILES string of the molecule is [3H][C@H]1C[C@H](CP(OC)N(C(C)C)C(C)C)[C@@H](CC)O1. The average molecular weight is 277 g/mol. The summed E-state index contributed by atoms with van der Waals surface area (Å²) in [5.41, 5.74) is 0. The molecular weight excluding hydrogens is 245 g/mol. The van der Waals surface area contributed by atoms with E-state index in [0.29, 0.717) is 18.0 Å². The van der Waals surface area contributed by atoms with Gasteiger partial charge in [0.1, 0.15) is 8.30 Å². The van der Waals surface area contributed by atoms with Crippen molar-refractivity contribution >= 4 is 8.30 Å². The van der Waals surface area contributed by atoms with E-state index in [-0.39, 0.29) is 12.7 Å². The highest BCUT2D eigenvalue weighted by atomic mass is 31.2. The summed E-state index contributed by atoms with van der Waals surface area (Å²) in [4.78, 5) is 0. The maximum atomic E-state index is 7.80. The van der Waals surface area contributed by atoms with Crippen LogP contribution in [0.15, 0.2) is 0 Å². The van der Waals surface area contributed by atoms with Crippen molar-refractivity contribution in [2.45, 2.75) is 65.6 Å². The second-order valence-electron chi connectivity index (χ2n) is 5.53. The Hall–Kier alpha value is 0.310. The molecule has 0 spiro atoms. The summed E-state index contributed by atoms with van der Waals surface area (Å²) < 4.78 is 21.7. The molecule has 0 aliphatic carbocycles. The van der Waals surface area contributed by atoms with E-state index in [1.54, 1.807) is 0 Å². The predicted octanol–water partition coefficient (Wildman–Crippen LogP) is 3.88. The summed E-state index contributed by atoms with van der Waals surface area (Å²) in [5, 5.41) is 0. The van der Waals surface area contributed by atoms with E-state index in [2.05, 4.69) is 39.3 Å². The number of ether oxygens (including phenoxy) is 1. The van der Waals surface area contributed by atoms with Crippen LogP contribution in [0.3, 0.4) is 0 Å². The van der Waals surface area contributed by atoms with Crippen molar-refractivity contribution in [1.82, 2.24) is 4.67 Å². The molecule has 4 heteroatoms. The summed E-state index contributed by atoms with van der Waals surface area (Å²) in [5.74, 6) is 0.471. The van der Waals surface area contributed by atoms with Gasteiger partial charge in [-0.3, -0.25) is 4.67 Å². The van der Waals surface area contributed by atoms with Gasteiger partial charge in [-0.2, -0.15) is 0 Å². The molecule has 0 aromatic rings. The molecule has 0 bridgehead atoms. The Balaban J connectivity index is 2.69. The minimum Gasteiger partial charge on any atom is -0.378 e. The lowest BCUT2D eigenvalue weighted by atomic mass is 10.0. The molecule has 1 aliphatic rings. The van der Waals surface area contributed by atoms with Gasteiger partial charge in [0.05, 0.1) is 7.47 Å². The summed E-state index contributed by atoms with van der Waals surface area (Å²) >= 11 is 0. The van der Waals surface area contributed by atoms with Crippen molar-refractivity contribution in [1.29, 1.82) is 0 Å². The molecule has 0 N–H and O–H groups in total. The van der Waals surface area contributed by atoms with E-state index >= 15 is 0 Å². The molecule has 1 fully saturated rings. The first-order valence-electron chi connectivity index (χ1n) is 7.66. The van der Waals surface area contributed by atoms with Gasteiger partial charge >= 0.3 is 0 Å². The van der Waals surface area contributed by atoms with Crippen LogP contribution in [0.1, 0.15) is 48.8 Å². The van der Waals surface area contributed by atoms with Gasteiger partial charge in [-0.05, 0) is 46.5 Å². The van der Waals surface area contributed by atoms with Gasteiger partial charge in [0.2, 0.25) is 0 Å². The maximum absolute atomic E-state index is 7.80. The third-order valence-corrected chi connectivity index (χ3v) is 6.16. The first kappa shape index (κ1) is 14.7. The van der Waals surface area contributed by atoms with Crippen LogP contribution in [0.5, 0.6) is 0 Å². The van der Waals surface area contributed by atoms with E-state index in [9.17, 15) is 0 Å². The smallest absolute Gasteiger partial charge is 0.104 e. The quantitative estimate of drug-likeness (QED) is 0.659. The molecular formula is C14H30NO2P. The van der Waals surface area contributed by atoms with Gasteiger partial charge in [0.25, 0.3) is 0 Å². The summed E-state index contributed by atoms with van der Waals surface area (Å²) in [6, 6.07) is 0.973. The highest BCUT2D eigenvalue weighted by Crippen LogP contribution is 2.47. The Labute approximate surface area is 116 Å². The van der Waals surface area contributed by atoms with Crippen LogP contribution in [0.2, 0.25) is 0 Å². The first-order valence-corrected chi connectivity index (χ1v) is 8.48. The molecule has 0 radical (unpaired) electrons. The van der Waals surface area contributed by atoms with Crippen LogP contribution >= 0.6 is 8.30 Å². The Morgan fingerprint density at radius 3 is 2.44 bits per heavy atom. The lowest BCUT2D eigenvalue weighted by Gasteiger charge is -2.38. The van der Waals surface area contributed by atoms with Gasteiger partial charge in [0, 0.05) is 31.9 Å². The molecule has 3 nitrogen and oxygen atoms in total. The van der Waals surface area contributed by atoms with Gasteiger partial charge < -0.3 is 9.26 Å². The zero-order valence-corrected chi connectivity index (χ0v) is 13.6. The van der Waals surface area contributed by atoms with Gasteiger partial charge in [-0.1, -0.05) is 6.92 Å². The molecule has 1 rings (SSSR count). The van der Waals surface area contributed by atoms with Crippen LogP contribution in [-0.4, -0.2) is 42.7 Å².